The van der Waals surface area contributed by atoms with Gasteiger partial charge in [0.2, 0.25) is 5.91 Å². The summed E-state index contributed by atoms with van der Waals surface area (Å²) in [5, 5.41) is 2.52. The largest absolute Gasteiger partial charge is 0.461 e. The summed E-state index contributed by atoms with van der Waals surface area (Å²) in [6.07, 6.45) is 1.17. The number of carbonyl (C=O) groups excluding carboxylic acids is 2. The topological polar surface area (TPSA) is 94.8 Å². The van der Waals surface area contributed by atoms with Gasteiger partial charge >= 0.3 is 5.97 Å². The molecule has 0 radical (unpaired) electrons. The molecule has 1 aromatic rings. The predicted molar refractivity (Wildman–Crippen MR) is 143 cm³/mol. The van der Waals surface area contributed by atoms with Gasteiger partial charge in [0.25, 0.3) is 0 Å². The predicted octanol–water partition coefficient (Wildman–Crippen LogP) is 5.63. The van der Waals surface area contributed by atoms with Crippen molar-refractivity contribution in [1.82, 2.24) is 9.88 Å². The lowest BCUT2D eigenvalue weighted by molar-refractivity contribution is -0.136. The summed E-state index contributed by atoms with van der Waals surface area (Å²) in [5.41, 5.74) is 6.62. The molecule has 4 atom stereocenters. The summed E-state index contributed by atoms with van der Waals surface area (Å²) in [7, 11) is -0.134. The van der Waals surface area contributed by atoms with Crippen LogP contribution in [0.1, 0.15) is 89.8 Å². The minimum absolute atomic E-state index is 0.0388. The van der Waals surface area contributed by atoms with Gasteiger partial charge in [-0.2, -0.15) is 0 Å². The van der Waals surface area contributed by atoms with Gasteiger partial charge in [-0.3, -0.25) is 4.79 Å². The van der Waals surface area contributed by atoms with Crippen LogP contribution in [0.4, 0.5) is 0 Å². The molecule has 34 heavy (non-hydrogen) atoms. The Bertz CT molecular complexity index is 761. The molecule has 0 aliphatic carbocycles. The van der Waals surface area contributed by atoms with Crippen molar-refractivity contribution >= 4 is 31.5 Å². The maximum Gasteiger partial charge on any atom is 0.357 e. The van der Waals surface area contributed by atoms with Crippen LogP contribution in [0, 0.1) is 11.8 Å². The summed E-state index contributed by atoms with van der Waals surface area (Å²) >= 11 is 1.43. The van der Waals surface area contributed by atoms with Gasteiger partial charge < -0.3 is 19.8 Å². The van der Waals surface area contributed by atoms with Gasteiger partial charge in [-0.15, -0.1) is 11.3 Å². The Balaban J connectivity index is 3.33. The highest BCUT2D eigenvalue weighted by Crippen LogP contribution is 2.36. The highest BCUT2D eigenvalue weighted by molar-refractivity contribution is 7.09. The zero-order valence-corrected chi connectivity index (χ0v) is 24.5. The van der Waals surface area contributed by atoms with Gasteiger partial charge in [-0.25, -0.2) is 9.78 Å². The molecule has 1 heterocycles. The second-order valence-electron chi connectivity index (χ2n) is 9.55. The number of ether oxygens (including phenoxy) is 1. The normalized spacial score (nSPS) is 15.6. The molecule has 0 fully saturated rings. The fourth-order valence-electron chi connectivity index (χ4n) is 4.23. The quantitative estimate of drug-likeness (QED) is 0.241. The van der Waals surface area contributed by atoms with Crippen LogP contribution in [0.5, 0.6) is 0 Å². The molecule has 0 spiro atoms. The second kappa shape index (κ2) is 14.3. The molecule has 1 aromatic heterocycles. The van der Waals surface area contributed by atoms with Gasteiger partial charge in [0.05, 0.1) is 18.8 Å². The highest BCUT2D eigenvalue weighted by Gasteiger charge is 2.37. The van der Waals surface area contributed by atoms with Crippen LogP contribution < -0.4 is 5.73 Å². The molecule has 1 unspecified atom stereocenters. The number of nitrogens with zero attached hydrogens (tertiary/aromatic N) is 2. The first-order chi connectivity index (χ1) is 16.0. The number of hydrogen-bond acceptors (Lipinski definition) is 7. The monoisotopic (exact) mass is 513 g/mol. The Morgan fingerprint density at radius 2 is 1.71 bits per heavy atom. The lowest BCUT2D eigenvalue weighted by atomic mass is 9.93. The Hall–Kier alpha value is -1.29. The number of likely N-dealkylation sites (N-methyl/N-ethyl adjacent to an activating group) is 1. The number of hydrogen-bond donors (Lipinski definition) is 1. The van der Waals surface area contributed by atoms with Crippen LogP contribution in [0.15, 0.2) is 5.38 Å². The van der Waals surface area contributed by atoms with Crippen LogP contribution >= 0.6 is 11.3 Å². The number of amides is 1. The van der Waals surface area contributed by atoms with E-state index in [1.54, 1.807) is 12.3 Å². The van der Waals surface area contributed by atoms with E-state index in [1.165, 1.54) is 11.3 Å². The van der Waals surface area contributed by atoms with Gasteiger partial charge in [0.15, 0.2) is 14.0 Å². The van der Waals surface area contributed by atoms with Crippen molar-refractivity contribution in [3.8, 4) is 0 Å². The molecule has 2 N–H and O–H groups in total. The number of carbonyl (C=O) groups is 2. The van der Waals surface area contributed by atoms with Crippen LogP contribution in [0.3, 0.4) is 0 Å². The smallest absolute Gasteiger partial charge is 0.357 e. The number of nitrogens with two attached hydrogens (primary N) is 1. The van der Waals surface area contributed by atoms with Crippen LogP contribution in [-0.2, 0) is 14.0 Å². The Kier molecular flexibility index (Phi) is 12.9. The summed E-state index contributed by atoms with van der Waals surface area (Å²) < 4.78 is 12.1. The first kappa shape index (κ1) is 30.7. The molecule has 0 aliphatic heterocycles. The molecule has 0 aromatic carbocycles. The van der Waals surface area contributed by atoms with Crippen molar-refractivity contribution in [3.63, 3.8) is 0 Å². The van der Waals surface area contributed by atoms with Gasteiger partial charge in [-0.05, 0) is 43.3 Å². The maximum absolute atomic E-state index is 13.2. The highest BCUT2D eigenvalue weighted by atomic mass is 32.1. The van der Waals surface area contributed by atoms with Gasteiger partial charge in [-0.1, -0.05) is 54.9 Å². The fourth-order valence-corrected chi connectivity index (χ4v) is 7.95. The van der Waals surface area contributed by atoms with E-state index in [4.69, 9.17) is 14.9 Å². The van der Waals surface area contributed by atoms with Crippen molar-refractivity contribution in [2.45, 2.75) is 105 Å². The SMILES string of the molecule is CCOC(=O)c1csc([C@@H](C[C@H](C(C)C)N(C)C(=O)[C@@H](N)C(C)CC)O[Si](CC)(CC)CC)n1. The molecular formula is C25H47N3O4SSi. The van der Waals surface area contributed by atoms with E-state index in [1.807, 2.05) is 18.9 Å². The Morgan fingerprint density at radius 3 is 2.18 bits per heavy atom. The van der Waals surface area contributed by atoms with Crippen LogP contribution in [0.25, 0.3) is 0 Å². The second-order valence-corrected chi connectivity index (χ2v) is 15.2. The standard InChI is InChI=1S/C25H47N3O4SSi/c1-10-18(8)22(26)24(29)28(9)20(17(6)7)15-21(32-34(12-3,13-4)14-5)23-27-19(16-33-23)25(30)31-11-2/h16-18,20-22H,10-15,26H2,1-9H3/t18?,20-,21-,22+/m1/s1. The molecule has 0 aliphatic rings. The van der Waals surface area contributed by atoms with E-state index in [2.05, 4.69) is 46.5 Å². The average molecular weight is 514 g/mol. The lowest BCUT2D eigenvalue weighted by Gasteiger charge is -2.38. The average Bonchev–Trinajstić information content (AvgIpc) is 3.33. The summed E-state index contributed by atoms with van der Waals surface area (Å²) in [6.45, 7) is 17.0. The number of thiazole rings is 1. The maximum atomic E-state index is 13.2. The van der Waals surface area contributed by atoms with E-state index >= 15 is 0 Å². The van der Waals surface area contributed by atoms with Crippen molar-refractivity contribution in [3.05, 3.63) is 16.1 Å². The minimum Gasteiger partial charge on any atom is -0.461 e. The third-order valence-corrected chi connectivity index (χ3v) is 12.8. The number of esters is 1. The summed E-state index contributed by atoms with van der Waals surface area (Å²) in [4.78, 5) is 31.9. The molecule has 1 amide bonds. The third kappa shape index (κ3) is 7.86. The summed E-state index contributed by atoms with van der Waals surface area (Å²) in [6, 6.07) is 2.42. The molecule has 0 saturated carbocycles. The Labute approximate surface area is 211 Å². The van der Waals surface area contributed by atoms with Crippen molar-refractivity contribution in [2.75, 3.05) is 13.7 Å². The van der Waals surface area contributed by atoms with Crippen molar-refractivity contribution in [1.29, 1.82) is 0 Å². The van der Waals surface area contributed by atoms with Gasteiger partial charge in [0, 0.05) is 18.5 Å². The van der Waals surface area contributed by atoms with Crippen molar-refractivity contribution < 1.29 is 18.8 Å². The van der Waals surface area contributed by atoms with Gasteiger partial charge in [0.1, 0.15) is 5.01 Å². The zero-order valence-electron chi connectivity index (χ0n) is 22.7. The van der Waals surface area contributed by atoms with E-state index in [-0.39, 0.29) is 29.9 Å². The third-order valence-electron chi connectivity index (χ3n) is 7.22. The van der Waals surface area contributed by atoms with Crippen LogP contribution in [0.2, 0.25) is 18.1 Å². The minimum atomic E-state index is -1.98. The van der Waals surface area contributed by atoms with E-state index in [0.717, 1.165) is 29.6 Å². The van der Waals surface area contributed by atoms with Crippen LogP contribution in [-0.4, -0.2) is 55.8 Å². The first-order valence-corrected chi connectivity index (χ1v) is 16.2. The number of rotatable bonds is 15. The first-order valence-electron chi connectivity index (χ1n) is 12.8. The lowest BCUT2D eigenvalue weighted by Crippen LogP contribution is -2.51. The number of aromatic nitrogens is 1. The summed E-state index contributed by atoms with van der Waals surface area (Å²) in [5.74, 6) is -0.139. The van der Waals surface area contributed by atoms with E-state index in [0.29, 0.717) is 18.7 Å². The molecule has 9 heteroatoms. The molecular weight excluding hydrogens is 466 g/mol. The van der Waals surface area contributed by atoms with Crippen molar-refractivity contribution in [2.24, 2.45) is 17.6 Å². The molecule has 0 saturated heterocycles. The Morgan fingerprint density at radius 1 is 1.12 bits per heavy atom. The molecule has 0 bridgehead atoms. The molecule has 1 rings (SSSR count). The van der Waals surface area contributed by atoms with E-state index in [9.17, 15) is 9.59 Å². The molecule has 196 valence electrons. The zero-order chi connectivity index (χ0) is 26.1. The fraction of sp³-hybridized carbons (Fsp3) is 0.800. The van der Waals surface area contributed by atoms with E-state index < -0.39 is 20.3 Å². The molecule has 7 nitrogen and oxygen atoms in total.